The summed E-state index contributed by atoms with van der Waals surface area (Å²) in [4.78, 5) is 16.6. The number of carbonyl (C=O) groups is 1. The third-order valence-electron chi connectivity index (χ3n) is 4.78. The molecular weight excluding hydrogens is 457 g/mol. The maximum absolute atomic E-state index is 13.3. The van der Waals surface area contributed by atoms with Gasteiger partial charge in [0, 0.05) is 6.20 Å². The van der Waals surface area contributed by atoms with Crippen LogP contribution in [0.1, 0.15) is 31.2 Å². The molecule has 0 spiro atoms. The summed E-state index contributed by atoms with van der Waals surface area (Å²) in [5, 5.41) is 3.01. The van der Waals surface area contributed by atoms with Gasteiger partial charge in [-0.2, -0.15) is 4.31 Å². The summed E-state index contributed by atoms with van der Waals surface area (Å²) in [6.45, 7) is 3.22. The van der Waals surface area contributed by atoms with Gasteiger partial charge in [0.25, 0.3) is 0 Å². The average molecular weight is 480 g/mol. The highest BCUT2D eigenvalue weighted by molar-refractivity contribution is 7.89. The van der Waals surface area contributed by atoms with E-state index in [9.17, 15) is 17.6 Å². The van der Waals surface area contributed by atoms with Gasteiger partial charge in [0.15, 0.2) is 0 Å². The van der Waals surface area contributed by atoms with Crippen LogP contribution in [0.3, 0.4) is 0 Å². The van der Waals surface area contributed by atoms with Crippen molar-refractivity contribution in [3.05, 3.63) is 83.3 Å². The van der Waals surface area contributed by atoms with Crippen LogP contribution in [0.5, 0.6) is 0 Å². The zero-order valence-corrected chi connectivity index (χ0v) is 19.1. The third-order valence-corrected chi connectivity index (χ3v) is 6.78. The predicted molar refractivity (Wildman–Crippen MR) is 118 cm³/mol. The fraction of sp³-hybridized carbons (Fsp3) is 0.273. The van der Waals surface area contributed by atoms with Crippen LogP contribution >= 0.6 is 11.6 Å². The van der Waals surface area contributed by atoms with Crippen LogP contribution in [0, 0.1) is 11.7 Å². The zero-order valence-electron chi connectivity index (χ0n) is 17.5. The SMILES string of the molecule is CC(C)C(NC(=O)CN(Cc1ccco1)S(=O)(=O)c1ccc(Cl)nc1)c1ccc(F)cc1. The molecule has 0 aliphatic rings. The molecule has 1 aromatic carbocycles. The summed E-state index contributed by atoms with van der Waals surface area (Å²) in [6, 6.07) is 11.3. The van der Waals surface area contributed by atoms with Crippen molar-refractivity contribution in [2.45, 2.75) is 31.3 Å². The summed E-state index contributed by atoms with van der Waals surface area (Å²) < 4.78 is 46.0. The van der Waals surface area contributed by atoms with Crippen molar-refractivity contribution in [3.8, 4) is 0 Å². The number of nitrogens with zero attached hydrogens (tertiary/aromatic N) is 2. The molecule has 2 aromatic heterocycles. The molecule has 3 aromatic rings. The monoisotopic (exact) mass is 479 g/mol. The molecule has 0 aliphatic carbocycles. The number of pyridine rings is 1. The van der Waals surface area contributed by atoms with Crippen molar-refractivity contribution in [2.75, 3.05) is 6.54 Å². The first-order chi connectivity index (χ1) is 15.2. The topological polar surface area (TPSA) is 92.5 Å². The predicted octanol–water partition coefficient (Wildman–Crippen LogP) is 4.17. The Morgan fingerprint density at radius 2 is 1.91 bits per heavy atom. The van der Waals surface area contributed by atoms with E-state index < -0.39 is 28.5 Å². The van der Waals surface area contributed by atoms with E-state index >= 15 is 0 Å². The Labute approximate surface area is 191 Å². The molecule has 0 bridgehead atoms. The van der Waals surface area contributed by atoms with E-state index in [1.54, 1.807) is 24.3 Å². The molecule has 1 atom stereocenters. The number of halogens is 2. The minimum absolute atomic E-state index is 0.0139. The Kier molecular flexibility index (Phi) is 7.65. The van der Waals surface area contributed by atoms with E-state index in [4.69, 9.17) is 16.0 Å². The van der Waals surface area contributed by atoms with Gasteiger partial charge in [-0.3, -0.25) is 4.79 Å². The quantitative estimate of drug-likeness (QED) is 0.465. The summed E-state index contributed by atoms with van der Waals surface area (Å²) in [7, 11) is -4.07. The highest BCUT2D eigenvalue weighted by Gasteiger charge is 2.29. The number of aromatic nitrogens is 1. The van der Waals surface area contributed by atoms with Crippen molar-refractivity contribution in [1.82, 2.24) is 14.6 Å². The molecule has 170 valence electrons. The average Bonchev–Trinajstić information content (AvgIpc) is 3.26. The van der Waals surface area contributed by atoms with Crippen LogP contribution in [-0.2, 0) is 21.4 Å². The van der Waals surface area contributed by atoms with Crippen molar-refractivity contribution in [3.63, 3.8) is 0 Å². The molecule has 1 unspecified atom stereocenters. The highest BCUT2D eigenvalue weighted by atomic mass is 35.5. The molecule has 2 heterocycles. The summed E-state index contributed by atoms with van der Waals surface area (Å²) in [6.07, 6.45) is 2.56. The fourth-order valence-electron chi connectivity index (χ4n) is 3.15. The van der Waals surface area contributed by atoms with Crippen molar-refractivity contribution >= 4 is 27.5 Å². The van der Waals surface area contributed by atoms with Gasteiger partial charge in [0.2, 0.25) is 15.9 Å². The Hall–Kier alpha value is -2.75. The van der Waals surface area contributed by atoms with E-state index in [0.717, 1.165) is 16.1 Å². The first kappa shape index (κ1) is 23.9. The molecule has 0 saturated carbocycles. The lowest BCUT2D eigenvalue weighted by Crippen LogP contribution is -2.42. The minimum atomic E-state index is -4.07. The minimum Gasteiger partial charge on any atom is -0.468 e. The second kappa shape index (κ2) is 10.2. The van der Waals surface area contributed by atoms with Crippen LogP contribution in [0.4, 0.5) is 4.39 Å². The maximum atomic E-state index is 13.3. The molecule has 10 heteroatoms. The molecule has 0 fully saturated rings. The van der Waals surface area contributed by atoms with Gasteiger partial charge in [-0.05, 0) is 47.9 Å². The number of rotatable bonds is 9. The smallest absolute Gasteiger partial charge is 0.245 e. The lowest BCUT2D eigenvalue weighted by molar-refractivity contribution is -0.122. The van der Waals surface area contributed by atoms with E-state index in [2.05, 4.69) is 10.3 Å². The van der Waals surface area contributed by atoms with Crippen molar-refractivity contribution in [2.24, 2.45) is 5.92 Å². The van der Waals surface area contributed by atoms with Gasteiger partial charge in [-0.25, -0.2) is 17.8 Å². The number of hydrogen-bond donors (Lipinski definition) is 1. The van der Waals surface area contributed by atoms with Gasteiger partial charge < -0.3 is 9.73 Å². The number of hydrogen-bond acceptors (Lipinski definition) is 5. The standard InChI is InChI=1S/C22H23ClFN3O4S/c1-15(2)22(16-5-7-17(24)8-6-16)26-21(28)14-27(13-18-4-3-11-31-18)32(29,30)19-9-10-20(23)25-12-19/h3-12,15,22H,13-14H2,1-2H3,(H,26,28). The summed E-state index contributed by atoms with van der Waals surface area (Å²) in [5.41, 5.74) is 0.720. The lowest BCUT2D eigenvalue weighted by atomic mass is 9.96. The second-order valence-corrected chi connectivity index (χ2v) is 9.84. The Morgan fingerprint density at radius 1 is 1.19 bits per heavy atom. The van der Waals surface area contributed by atoms with Crippen molar-refractivity contribution < 1.29 is 22.0 Å². The third kappa shape index (κ3) is 5.93. The van der Waals surface area contributed by atoms with Crippen LogP contribution in [0.2, 0.25) is 5.15 Å². The number of benzene rings is 1. The van der Waals surface area contributed by atoms with E-state index in [-0.39, 0.29) is 28.3 Å². The van der Waals surface area contributed by atoms with Gasteiger partial charge in [0.05, 0.1) is 25.4 Å². The van der Waals surface area contributed by atoms with Gasteiger partial charge in [-0.15, -0.1) is 0 Å². The van der Waals surface area contributed by atoms with E-state index in [1.807, 2.05) is 13.8 Å². The highest BCUT2D eigenvalue weighted by Crippen LogP contribution is 2.23. The van der Waals surface area contributed by atoms with E-state index in [0.29, 0.717) is 5.76 Å². The first-order valence-corrected chi connectivity index (χ1v) is 11.7. The largest absolute Gasteiger partial charge is 0.468 e. The molecular formula is C22H23ClFN3O4S. The second-order valence-electron chi connectivity index (χ2n) is 7.51. The summed E-state index contributed by atoms with van der Waals surface area (Å²) >= 11 is 5.77. The lowest BCUT2D eigenvalue weighted by Gasteiger charge is -2.26. The Balaban J connectivity index is 1.84. The van der Waals surface area contributed by atoms with Gasteiger partial charge in [-0.1, -0.05) is 37.6 Å². The Bertz CT molecular complexity index is 1130. The molecule has 1 N–H and O–H groups in total. The molecule has 3 rings (SSSR count). The van der Waals surface area contributed by atoms with Crippen LogP contribution < -0.4 is 5.32 Å². The van der Waals surface area contributed by atoms with Crippen molar-refractivity contribution in [1.29, 1.82) is 0 Å². The molecule has 7 nitrogen and oxygen atoms in total. The number of amides is 1. The summed E-state index contributed by atoms with van der Waals surface area (Å²) in [5.74, 6) is -0.526. The molecule has 0 aliphatic heterocycles. The number of furan rings is 1. The number of nitrogens with one attached hydrogen (secondary N) is 1. The molecule has 0 saturated heterocycles. The number of carbonyl (C=O) groups excluding carboxylic acids is 1. The number of sulfonamides is 1. The van der Waals surface area contributed by atoms with Crippen LogP contribution in [0.25, 0.3) is 0 Å². The normalized spacial score (nSPS) is 12.8. The molecule has 0 radical (unpaired) electrons. The zero-order chi connectivity index (χ0) is 23.3. The maximum Gasteiger partial charge on any atom is 0.245 e. The van der Waals surface area contributed by atoms with Crippen LogP contribution in [-0.4, -0.2) is 30.2 Å². The van der Waals surface area contributed by atoms with Gasteiger partial charge >= 0.3 is 0 Å². The van der Waals surface area contributed by atoms with Crippen LogP contribution in [0.15, 0.2) is 70.3 Å². The molecule has 32 heavy (non-hydrogen) atoms. The van der Waals surface area contributed by atoms with Gasteiger partial charge in [0.1, 0.15) is 21.6 Å². The fourth-order valence-corrected chi connectivity index (χ4v) is 4.57. The Morgan fingerprint density at radius 3 is 2.47 bits per heavy atom. The first-order valence-electron chi connectivity index (χ1n) is 9.85. The van der Waals surface area contributed by atoms with E-state index in [1.165, 1.54) is 30.5 Å². The molecule has 1 amide bonds.